The Bertz CT molecular complexity index is 1520. The highest BCUT2D eigenvalue weighted by Gasteiger charge is 2.22. The Morgan fingerprint density at radius 1 is 1.12 bits per heavy atom. The van der Waals surface area contributed by atoms with Crippen LogP contribution in [0.1, 0.15) is 46.5 Å². The van der Waals surface area contributed by atoms with Crippen LogP contribution in [0.5, 0.6) is 11.6 Å². The van der Waals surface area contributed by atoms with E-state index < -0.39 is 5.97 Å². The number of halogens is 1. The van der Waals surface area contributed by atoms with Gasteiger partial charge >= 0.3 is 5.97 Å². The number of carbonyl (C=O) groups is 1. The van der Waals surface area contributed by atoms with Crippen LogP contribution in [0.25, 0.3) is 17.1 Å². The summed E-state index contributed by atoms with van der Waals surface area (Å²) in [6.45, 7) is 7.67. The lowest BCUT2D eigenvalue weighted by Gasteiger charge is -2.32. The van der Waals surface area contributed by atoms with Gasteiger partial charge in [-0.1, -0.05) is 36.4 Å². The minimum absolute atomic E-state index is 0.0247. The van der Waals surface area contributed by atoms with Crippen molar-refractivity contribution < 1.29 is 23.8 Å². The molecule has 1 aliphatic rings. The number of aromatic nitrogens is 3. The number of ether oxygens (including phenoxy) is 2. The molecule has 208 valence electrons. The van der Waals surface area contributed by atoms with Gasteiger partial charge in [0, 0.05) is 24.7 Å². The van der Waals surface area contributed by atoms with Crippen molar-refractivity contribution in [1.82, 2.24) is 19.7 Å². The van der Waals surface area contributed by atoms with E-state index in [1.54, 1.807) is 13.0 Å². The first-order valence-electron chi connectivity index (χ1n) is 13.4. The van der Waals surface area contributed by atoms with Gasteiger partial charge in [0.15, 0.2) is 5.82 Å². The summed E-state index contributed by atoms with van der Waals surface area (Å²) in [5.41, 5.74) is 6.03. The largest absolute Gasteiger partial charge is 0.488 e. The van der Waals surface area contributed by atoms with Crippen molar-refractivity contribution in [3.05, 3.63) is 88.6 Å². The van der Waals surface area contributed by atoms with E-state index in [1.165, 1.54) is 22.0 Å². The van der Waals surface area contributed by atoms with Crippen molar-refractivity contribution in [2.24, 2.45) is 0 Å². The highest BCUT2D eigenvalue weighted by Crippen LogP contribution is 2.34. The predicted octanol–water partition coefficient (Wildman–Crippen LogP) is 5.63. The summed E-state index contributed by atoms with van der Waals surface area (Å²) >= 11 is 0. The fourth-order valence-electron chi connectivity index (χ4n) is 5.01. The number of hydrogen-bond donors (Lipinski definition) is 1. The summed E-state index contributed by atoms with van der Waals surface area (Å²) in [4.78, 5) is 18.6. The van der Waals surface area contributed by atoms with Crippen LogP contribution < -0.4 is 9.47 Å². The smallest absolute Gasteiger partial charge is 0.342 e. The van der Waals surface area contributed by atoms with Gasteiger partial charge in [0.05, 0.1) is 18.5 Å². The molecule has 0 aliphatic carbocycles. The lowest BCUT2D eigenvalue weighted by atomic mass is 9.96. The van der Waals surface area contributed by atoms with Gasteiger partial charge in [-0.3, -0.25) is 4.90 Å². The van der Waals surface area contributed by atoms with E-state index in [0.717, 1.165) is 42.0 Å². The number of para-hydroxylation sites is 1. The van der Waals surface area contributed by atoms with Crippen LogP contribution in [0.3, 0.4) is 0 Å². The Balaban J connectivity index is 1.40. The Kier molecular flexibility index (Phi) is 8.11. The summed E-state index contributed by atoms with van der Waals surface area (Å²) < 4.78 is 26.5. The maximum atomic E-state index is 13.2. The molecule has 1 N–H and O–H groups in total. The number of benzene rings is 2. The van der Waals surface area contributed by atoms with E-state index in [1.807, 2.05) is 44.2 Å². The molecule has 5 rings (SSSR count). The van der Waals surface area contributed by atoms with Crippen LogP contribution >= 0.6 is 0 Å². The number of rotatable bonds is 10. The fourth-order valence-corrected chi connectivity index (χ4v) is 5.01. The third-order valence-corrected chi connectivity index (χ3v) is 7.22. The molecule has 1 unspecified atom stereocenters. The second-order valence-corrected chi connectivity index (χ2v) is 9.96. The number of alkyl halides is 1. The van der Waals surface area contributed by atoms with Gasteiger partial charge in [0.25, 0.3) is 0 Å². The zero-order valence-electron chi connectivity index (χ0n) is 22.9. The standard InChI is InChI=1S/C31H33FN4O4/c1-4-39-30-26(31(37)38)17-33-36(30)28-10-6-9-27(34-28)25-8-5-7-20(2)29(25)40-19-22-11-12-24-18-35(21(3)16-32)14-13-23(24)15-22/h5-12,15,17,21H,4,13-14,16,18-19H2,1-3H3,(H,37,38). The molecule has 0 fully saturated rings. The van der Waals surface area contributed by atoms with E-state index in [-0.39, 0.29) is 24.2 Å². The molecule has 0 spiro atoms. The normalized spacial score (nSPS) is 14.0. The van der Waals surface area contributed by atoms with Crippen molar-refractivity contribution >= 4 is 5.97 Å². The lowest BCUT2D eigenvalue weighted by Crippen LogP contribution is -2.38. The summed E-state index contributed by atoms with van der Waals surface area (Å²) in [6.07, 6.45) is 2.15. The molecule has 1 aliphatic heterocycles. The van der Waals surface area contributed by atoms with Gasteiger partial charge < -0.3 is 14.6 Å². The predicted molar refractivity (Wildman–Crippen MR) is 150 cm³/mol. The lowest BCUT2D eigenvalue weighted by molar-refractivity contribution is 0.0692. The van der Waals surface area contributed by atoms with Gasteiger partial charge in [0.2, 0.25) is 5.88 Å². The number of aryl methyl sites for hydroxylation is 1. The number of hydrogen-bond acceptors (Lipinski definition) is 6. The molecule has 2 aromatic heterocycles. The van der Waals surface area contributed by atoms with Gasteiger partial charge in [-0.25, -0.2) is 14.2 Å². The molecule has 0 bridgehead atoms. The van der Waals surface area contributed by atoms with Crippen LogP contribution in [-0.4, -0.2) is 56.6 Å². The third-order valence-electron chi connectivity index (χ3n) is 7.22. The molecule has 4 aromatic rings. The van der Waals surface area contributed by atoms with Crippen molar-refractivity contribution in [2.75, 3.05) is 19.8 Å². The molecular formula is C31H33FN4O4. The quantitative estimate of drug-likeness (QED) is 0.277. The van der Waals surface area contributed by atoms with Crippen LogP contribution in [-0.2, 0) is 19.6 Å². The minimum Gasteiger partial charge on any atom is -0.488 e. The number of fused-ring (bicyclic) bond motifs is 1. The van der Waals surface area contributed by atoms with Crippen LogP contribution in [0.4, 0.5) is 4.39 Å². The van der Waals surface area contributed by atoms with E-state index in [2.05, 4.69) is 28.2 Å². The molecule has 9 heteroatoms. The molecule has 40 heavy (non-hydrogen) atoms. The van der Waals surface area contributed by atoms with Gasteiger partial charge in [-0.15, -0.1) is 0 Å². The number of carboxylic acid groups (broad SMARTS) is 1. The second kappa shape index (κ2) is 11.9. The van der Waals surface area contributed by atoms with E-state index in [0.29, 0.717) is 24.7 Å². The first-order chi connectivity index (χ1) is 19.4. The van der Waals surface area contributed by atoms with Crippen molar-refractivity contribution in [2.45, 2.75) is 46.4 Å². The maximum absolute atomic E-state index is 13.2. The van der Waals surface area contributed by atoms with Crippen LogP contribution in [0.2, 0.25) is 0 Å². The van der Waals surface area contributed by atoms with Gasteiger partial charge in [0.1, 0.15) is 24.6 Å². The van der Waals surface area contributed by atoms with Gasteiger partial charge in [-0.05, 0) is 67.6 Å². The van der Waals surface area contributed by atoms with Crippen molar-refractivity contribution in [3.63, 3.8) is 0 Å². The van der Waals surface area contributed by atoms with E-state index in [9.17, 15) is 14.3 Å². The number of carboxylic acids is 1. The Hall–Kier alpha value is -4.24. The van der Waals surface area contributed by atoms with Crippen molar-refractivity contribution in [3.8, 4) is 28.7 Å². The Labute approximate surface area is 233 Å². The minimum atomic E-state index is -1.12. The number of pyridine rings is 1. The summed E-state index contributed by atoms with van der Waals surface area (Å²) in [6, 6.07) is 17.7. The Morgan fingerprint density at radius 3 is 2.73 bits per heavy atom. The van der Waals surface area contributed by atoms with E-state index in [4.69, 9.17) is 14.5 Å². The average Bonchev–Trinajstić information content (AvgIpc) is 3.40. The second-order valence-electron chi connectivity index (χ2n) is 9.96. The zero-order chi connectivity index (χ0) is 28.2. The molecule has 0 saturated carbocycles. The number of nitrogens with zero attached hydrogens (tertiary/aromatic N) is 4. The first kappa shape index (κ1) is 27.3. The Morgan fingerprint density at radius 2 is 1.95 bits per heavy atom. The molecule has 1 atom stereocenters. The van der Waals surface area contributed by atoms with Crippen molar-refractivity contribution in [1.29, 1.82) is 0 Å². The average molecular weight is 545 g/mol. The zero-order valence-corrected chi connectivity index (χ0v) is 22.9. The highest BCUT2D eigenvalue weighted by atomic mass is 19.1. The molecule has 0 saturated heterocycles. The fraction of sp³-hybridized carbons (Fsp3) is 0.323. The molecular weight excluding hydrogens is 511 g/mol. The summed E-state index contributed by atoms with van der Waals surface area (Å²) in [7, 11) is 0. The number of aromatic carboxylic acids is 1. The SMILES string of the molecule is CCOc1c(C(=O)O)cnn1-c1cccc(-c2cccc(C)c2OCc2ccc3c(c2)CCN(C(C)CF)C3)n1. The molecule has 8 nitrogen and oxygen atoms in total. The van der Waals surface area contributed by atoms with E-state index >= 15 is 0 Å². The third kappa shape index (κ3) is 5.56. The first-order valence-corrected chi connectivity index (χ1v) is 13.4. The molecule has 3 heterocycles. The molecule has 2 aromatic carbocycles. The monoisotopic (exact) mass is 544 g/mol. The van der Waals surface area contributed by atoms with Gasteiger partial charge in [-0.2, -0.15) is 9.78 Å². The maximum Gasteiger partial charge on any atom is 0.342 e. The topological polar surface area (TPSA) is 89.7 Å². The van der Waals surface area contributed by atoms with Crippen LogP contribution in [0.15, 0.2) is 60.8 Å². The molecule has 0 radical (unpaired) electrons. The molecule has 0 amide bonds. The highest BCUT2D eigenvalue weighted by molar-refractivity contribution is 5.90. The summed E-state index contributed by atoms with van der Waals surface area (Å²) in [5, 5.41) is 13.8. The van der Waals surface area contributed by atoms with Crippen LogP contribution in [0, 0.1) is 6.92 Å². The summed E-state index contributed by atoms with van der Waals surface area (Å²) in [5.74, 6) is 0.181.